The molecule has 0 radical (unpaired) electrons. The average Bonchev–Trinajstić information content (AvgIpc) is 2.86. The Morgan fingerprint density at radius 3 is 2.82 bits per heavy atom. The van der Waals surface area contributed by atoms with Crippen molar-refractivity contribution in [3.63, 3.8) is 0 Å². The number of aromatic nitrogens is 2. The van der Waals surface area contributed by atoms with Gasteiger partial charge in [0.1, 0.15) is 0 Å². The fraction of sp³-hybridized carbons (Fsp3) is 0.500. The van der Waals surface area contributed by atoms with Gasteiger partial charge in [0, 0.05) is 11.3 Å². The van der Waals surface area contributed by atoms with Crippen molar-refractivity contribution in [1.82, 2.24) is 10.1 Å². The molecule has 5 heteroatoms. The predicted octanol–water partition coefficient (Wildman–Crippen LogP) is 2.50. The van der Waals surface area contributed by atoms with Gasteiger partial charge in [-0.3, -0.25) is 0 Å². The van der Waals surface area contributed by atoms with Crippen LogP contribution in [0.25, 0.3) is 0 Å². The van der Waals surface area contributed by atoms with Crippen LogP contribution in [0.15, 0.2) is 22.0 Å². The van der Waals surface area contributed by atoms with Crippen molar-refractivity contribution in [1.29, 1.82) is 0 Å². The first-order chi connectivity index (χ1) is 8.05. The van der Waals surface area contributed by atoms with Crippen LogP contribution in [0.3, 0.4) is 0 Å². The summed E-state index contributed by atoms with van der Waals surface area (Å²) in [6, 6.07) is 4.22. The molecule has 0 amide bonds. The van der Waals surface area contributed by atoms with E-state index in [-0.39, 0.29) is 0 Å². The molecule has 0 aromatic carbocycles. The molecule has 0 atom stereocenters. The highest BCUT2D eigenvalue weighted by atomic mass is 32.1. The van der Waals surface area contributed by atoms with Gasteiger partial charge in [-0.2, -0.15) is 4.98 Å². The van der Waals surface area contributed by atoms with E-state index in [2.05, 4.69) is 27.7 Å². The van der Waals surface area contributed by atoms with E-state index < -0.39 is 5.54 Å². The fourth-order valence-corrected chi connectivity index (χ4v) is 2.24. The fourth-order valence-electron chi connectivity index (χ4n) is 1.49. The number of hydrogen-bond acceptors (Lipinski definition) is 5. The number of nitrogens with two attached hydrogens (primary N) is 1. The summed E-state index contributed by atoms with van der Waals surface area (Å²) in [6.07, 6.45) is 2.88. The molecule has 2 aromatic rings. The zero-order chi connectivity index (χ0) is 12.3. The maximum atomic E-state index is 5.89. The second-order valence-corrected chi connectivity index (χ2v) is 5.70. The molecule has 0 aliphatic carbocycles. The van der Waals surface area contributed by atoms with Crippen LogP contribution in [0.2, 0.25) is 0 Å². The Balaban J connectivity index is 1.85. The van der Waals surface area contributed by atoms with Gasteiger partial charge in [-0.05, 0) is 38.1 Å². The molecule has 17 heavy (non-hydrogen) atoms. The van der Waals surface area contributed by atoms with Gasteiger partial charge in [-0.1, -0.05) is 11.2 Å². The predicted molar refractivity (Wildman–Crippen MR) is 67.9 cm³/mol. The smallest absolute Gasteiger partial charge is 0.226 e. The summed E-state index contributed by atoms with van der Waals surface area (Å²) >= 11 is 1.78. The lowest BCUT2D eigenvalue weighted by Gasteiger charge is -2.11. The van der Waals surface area contributed by atoms with Crippen LogP contribution in [0.5, 0.6) is 0 Å². The highest BCUT2D eigenvalue weighted by Gasteiger charge is 2.21. The van der Waals surface area contributed by atoms with Crippen molar-refractivity contribution in [2.24, 2.45) is 5.73 Å². The summed E-state index contributed by atoms with van der Waals surface area (Å²) in [5.41, 5.74) is 5.36. The van der Waals surface area contributed by atoms with Crippen molar-refractivity contribution in [2.75, 3.05) is 0 Å². The van der Waals surface area contributed by atoms with Gasteiger partial charge in [-0.15, -0.1) is 11.3 Å². The molecule has 0 unspecified atom stereocenters. The van der Waals surface area contributed by atoms with Gasteiger partial charge in [0.25, 0.3) is 0 Å². The second kappa shape index (κ2) is 4.98. The van der Waals surface area contributed by atoms with E-state index in [1.54, 1.807) is 11.3 Å². The van der Waals surface area contributed by atoms with Gasteiger partial charge in [0.05, 0.1) is 5.54 Å². The summed E-state index contributed by atoms with van der Waals surface area (Å²) < 4.78 is 5.17. The molecule has 0 fully saturated rings. The summed E-state index contributed by atoms with van der Waals surface area (Å²) in [5, 5.41) is 5.99. The first-order valence-electron chi connectivity index (χ1n) is 5.70. The van der Waals surface area contributed by atoms with Crippen LogP contribution < -0.4 is 5.73 Å². The van der Waals surface area contributed by atoms with Crippen molar-refractivity contribution in [3.8, 4) is 0 Å². The van der Waals surface area contributed by atoms with Crippen molar-refractivity contribution >= 4 is 11.3 Å². The minimum absolute atomic E-state index is 0.532. The summed E-state index contributed by atoms with van der Waals surface area (Å²) in [7, 11) is 0. The quantitative estimate of drug-likeness (QED) is 0.886. The first-order valence-corrected chi connectivity index (χ1v) is 6.58. The topological polar surface area (TPSA) is 64.9 Å². The Bertz CT molecular complexity index is 456. The van der Waals surface area contributed by atoms with E-state index in [0.717, 1.165) is 19.3 Å². The van der Waals surface area contributed by atoms with E-state index in [4.69, 9.17) is 10.3 Å². The third-order valence-corrected chi connectivity index (χ3v) is 3.37. The first kappa shape index (κ1) is 12.3. The van der Waals surface area contributed by atoms with Crippen LogP contribution in [-0.2, 0) is 18.4 Å². The number of aryl methyl sites for hydroxylation is 2. The summed E-state index contributed by atoms with van der Waals surface area (Å²) in [6.45, 7) is 3.74. The second-order valence-electron chi connectivity index (χ2n) is 4.67. The van der Waals surface area contributed by atoms with Crippen LogP contribution in [0, 0.1) is 0 Å². The highest BCUT2D eigenvalue weighted by Crippen LogP contribution is 2.15. The molecular formula is C12H17N3OS. The van der Waals surface area contributed by atoms with E-state index in [9.17, 15) is 0 Å². The van der Waals surface area contributed by atoms with Gasteiger partial charge in [0.15, 0.2) is 5.82 Å². The molecule has 0 saturated heterocycles. The molecule has 2 N–H and O–H groups in total. The normalized spacial score (nSPS) is 11.9. The van der Waals surface area contributed by atoms with Crippen molar-refractivity contribution < 1.29 is 4.52 Å². The average molecular weight is 251 g/mol. The molecule has 0 bridgehead atoms. The van der Waals surface area contributed by atoms with Gasteiger partial charge in [0.2, 0.25) is 5.89 Å². The Morgan fingerprint density at radius 2 is 2.24 bits per heavy atom. The maximum absolute atomic E-state index is 5.89. The van der Waals surface area contributed by atoms with Crippen LogP contribution in [0.4, 0.5) is 0 Å². The van der Waals surface area contributed by atoms with Crippen LogP contribution in [-0.4, -0.2) is 10.1 Å². The van der Waals surface area contributed by atoms with Crippen molar-refractivity contribution in [3.05, 3.63) is 34.1 Å². The lowest BCUT2D eigenvalue weighted by Crippen LogP contribution is -2.30. The molecule has 2 heterocycles. The molecular weight excluding hydrogens is 234 g/mol. The summed E-state index contributed by atoms with van der Waals surface area (Å²) in [5.74, 6) is 1.25. The van der Waals surface area contributed by atoms with E-state index in [0.29, 0.717) is 11.7 Å². The highest BCUT2D eigenvalue weighted by molar-refractivity contribution is 7.09. The number of hydrogen-bond donors (Lipinski definition) is 1. The molecule has 0 aliphatic rings. The Hall–Kier alpha value is -1.20. The maximum Gasteiger partial charge on any atom is 0.226 e. The number of thiophene rings is 1. The molecule has 4 nitrogen and oxygen atoms in total. The number of rotatable bonds is 5. The molecule has 0 saturated carbocycles. The van der Waals surface area contributed by atoms with Crippen LogP contribution in [0.1, 0.15) is 36.9 Å². The van der Waals surface area contributed by atoms with E-state index in [1.807, 2.05) is 13.8 Å². The molecule has 0 aliphatic heterocycles. The van der Waals surface area contributed by atoms with Crippen LogP contribution >= 0.6 is 11.3 Å². The SMILES string of the molecule is CC(C)(N)c1noc(CCCc2cccs2)n1. The lowest BCUT2D eigenvalue weighted by atomic mass is 10.1. The summed E-state index contributed by atoms with van der Waals surface area (Å²) in [4.78, 5) is 5.69. The van der Waals surface area contributed by atoms with Gasteiger partial charge in [-0.25, -0.2) is 0 Å². The minimum atomic E-state index is -0.532. The Labute approximate surface area is 105 Å². The Morgan fingerprint density at radius 1 is 1.41 bits per heavy atom. The third-order valence-electron chi connectivity index (χ3n) is 2.44. The zero-order valence-corrected chi connectivity index (χ0v) is 11.0. The molecule has 2 rings (SSSR count). The Kier molecular flexibility index (Phi) is 3.59. The zero-order valence-electron chi connectivity index (χ0n) is 10.1. The standard InChI is InChI=1S/C12H17N3OS/c1-12(2,13)11-14-10(16-15-11)7-3-5-9-6-4-8-17-9/h4,6,8H,3,5,7,13H2,1-2H3. The van der Waals surface area contributed by atoms with E-state index >= 15 is 0 Å². The third kappa shape index (κ3) is 3.38. The monoisotopic (exact) mass is 251 g/mol. The minimum Gasteiger partial charge on any atom is -0.339 e. The lowest BCUT2D eigenvalue weighted by molar-refractivity contribution is 0.358. The molecule has 92 valence electrons. The van der Waals surface area contributed by atoms with Crippen molar-refractivity contribution in [2.45, 2.75) is 38.6 Å². The van der Waals surface area contributed by atoms with E-state index in [1.165, 1.54) is 4.88 Å². The van der Waals surface area contributed by atoms with Gasteiger partial charge >= 0.3 is 0 Å². The number of nitrogens with zero attached hydrogens (tertiary/aromatic N) is 2. The molecule has 0 spiro atoms. The van der Waals surface area contributed by atoms with Gasteiger partial charge < -0.3 is 10.3 Å². The largest absolute Gasteiger partial charge is 0.339 e. The molecule has 2 aromatic heterocycles.